The van der Waals surface area contributed by atoms with Crippen molar-refractivity contribution in [3.05, 3.63) is 83.9 Å². The number of imide groups is 1. The lowest BCUT2D eigenvalue weighted by atomic mass is 10.1. The van der Waals surface area contributed by atoms with Crippen molar-refractivity contribution in [1.82, 2.24) is 9.88 Å². The topological polar surface area (TPSA) is 82.6 Å². The van der Waals surface area contributed by atoms with Crippen LogP contribution in [0.2, 0.25) is 0 Å². The zero-order valence-electron chi connectivity index (χ0n) is 17.8. The van der Waals surface area contributed by atoms with Crippen LogP contribution in [-0.2, 0) is 11.3 Å². The van der Waals surface area contributed by atoms with Crippen molar-refractivity contribution in [2.45, 2.75) is 16.9 Å². The van der Waals surface area contributed by atoms with Gasteiger partial charge in [-0.05, 0) is 71.9 Å². The minimum absolute atomic E-state index is 0.0371. The number of carbonyl (C=O) groups excluding carboxylic acids is 3. The summed E-state index contributed by atoms with van der Waals surface area (Å²) in [7, 11) is 0. The molecule has 1 aliphatic heterocycles. The first-order chi connectivity index (χ1) is 16.6. The molecule has 7 nitrogen and oxygen atoms in total. The van der Waals surface area contributed by atoms with E-state index in [1.807, 2.05) is 0 Å². The monoisotopic (exact) mass is 504 g/mol. The summed E-state index contributed by atoms with van der Waals surface area (Å²) in [5.41, 5.74) is -3.30. The smallest absolute Gasteiger partial charge is 0.320 e. The predicted octanol–water partition coefficient (Wildman–Crippen LogP) is 5.05. The Labute approximate surface area is 200 Å². The fourth-order valence-electron chi connectivity index (χ4n) is 3.40. The number of urea groups is 1. The summed E-state index contributed by atoms with van der Waals surface area (Å²) in [5, 5.41) is 2.66. The van der Waals surface area contributed by atoms with Gasteiger partial charge in [-0.15, -0.1) is 0 Å². The van der Waals surface area contributed by atoms with Gasteiger partial charge in [0.2, 0.25) is 0 Å². The third-order valence-corrected chi connectivity index (χ3v) is 5.73. The molecule has 1 saturated heterocycles. The van der Waals surface area contributed by atoms with E-state index in [4.69, 9.17) is 0 Å². The number of hydrogen-bond acceptors (Lipinski definition) is 5. The Morgan fingerprint density at radius 2 is 1.71 bits per heavy atom. The first-order valence-corrected chi connectivity index (χ1v) is 10.9. The summed E-state index contributed by atoms with van der Waals surface area (Å²) in [6.07, 6.45) is 2.84. The molecule has 180 valence electrons. The predicted molar refractivity (Wildman–Crippen MR) is 120 cm³/mol. The fraction of sp³-hybridized carbons (Fsp3) is 0.130. The van der Waals surface area contributed by atoms with Crippen LogP contribution < -0.4 is 10.2 Å². The second kappa shape index (κ2) is 9.74. The summed E-state index contributed by atoms with van der Waals surface area (Å²) < 4.78 is 50.7. The lowest BCUT2D eigenvalue weighted by molar-refractivity contribution is -0.116. The van der Waals surface area contributed by atoms with Crippen LogP contribution in [-0.4, -0.2) is 39.8 Å². The minimum atomic E-state index is -4.45. The maximum atomic E-state index is 13.1. The summed E-state index contributed by atoms with van der Waals surface area (Å²) in [6.45, 7) is -0.295. The number of rotatable bonds is 6. The fourth-order valence-corrected chi connectivity index (χ4v) is 3.94. The van der Waals surface area contributed by atoms with Gasteiger partial charge in [-0.25, -0.2) is 14.1 Å². The number of nitrogens with one attached hydrogen (secondary N) is 1. The number of halogens is 4. The molecule has 1 aromatic heterocycles. The number of thioether (sulfide) groups is 1. The average Bonchev–Trinajstić information content (AvgIpc) is 3.08. The van der Waals surface area contributed by atoms with Crippen LogP contribution in [0, 0.1) is 5.82 Å². The molecule has 0 atom stereocenters. The van der Waals surface area contributed by atoms with Crippen LogP contribution in [0.25, 0.3) is 0 Å². The molecule has 0 saturated carbocycles. The molecule has 0 aliphatic carbocycles. The van der Waals surface area contributed by atoms with E-state index in [1.165, 1.54) is 53.7 Å². The van der Waals surface area contributed by atoms with Gasteiger partial charge in [0.05, 0.1) is 24.1 Å². The van der Waals surface area contributed by atoms with Crippen LogP contribution in [0.15, 0.2) is 71.9 Å². The van der Waals surface area contributed by atoms with Crippen molar-refractivity contribution in [1.29, 1.82) is 0 Å². The molecule has 0 bridgehead atoms. The zero-order chi connectivity index (χ0) is 25.2. The normalized spacial score (nSPS) is 13.9. The van der Waals surface area contributed by atoms with E-state index in [0.717, 1.165) is 17.0 Å². The van der Waals surface area contributed by atoms with Crippen molar-refractivity contribution in [2.75, 3.05) is 16.8 Å². The highest BCUT2D eigenvalue weighted by Gasteiger charge is 2.37. The summed E-state index contributed by atoms with van der Waals surface area (Å²) in [6, 6.07) is 10.8. The first-order valence-electron chi connectivity index (χ1n) is 10.1. The third kappa shape index (κ3) is 5.77. The van der Waals surface area contributed by atoms with E-state index in [1.54, 1.807) is 6.07 Å². The van der Waals surface area contributed by atoms with Gasteiger partial charge in [-0.2, -0.15) is 13.2 Å². The number of carbonyl (C=O) groups is 3. The van der Waals surface area contributed by atoms with Crippen LogP contribution in [0.1, 0.15) is 15.9 Å². The van der Waals surface area contributed by atoms with Crippen molar-refractivity contribution in [2.24, 2.45) is 0 Å². The van der Waals surface area contributed by atoms with Crippen molar-refractivity contribution in [3.8, 4) is 0 Å². The molecule has 2 heterocycles. The highest BCUT2D eigenvalue weighted by molar-refractivity contribution is 8.00. The minimum Gasteiger partial charge on any atom is -0.320 e. The lowest BCUT2D eigenvalue weighted by Crippen LogP contribution is -2.33. The summed E-state index contributed by atoms with van der Waals surface area (Å²) >= 11 is -0.296. The van der Waals surface area contributed by atoms with Crippen LogP contribution in [0.4, 0.5) is 33.7 Å². The molecule has 1 aliphatic rings. The van der Waals surface area contributed by atoms with Gasteiger partial charge in [0.1, 0.15) is 12.4 Å². The molecule has 12 heteroatoms. The Kier molecular flexibility index (Phi) is 6.74. The maximum Gasteiger partial charge on any atom is 0.446 e. The Morgan fingerprint density at radius 3 is 2.37 bits per heavy atom. The molecular formula is C23H16F4N4O3S. The Bertz CT molecular complexity index is 1270. The summed E-state index contributed by atoms with van der Waals surface area (Å²) in [5.74, 6) is -1.54. The van der Waals surface area contributed by atoms with E-state index >= 15 is 0 Å². The van der Waals surface area contributed by atoms with Crippen LogP contribution in [0.3, 0.4) is 0 Å². The number of aromatic nitrogens is 1. The Hall–Kier alpha value is -3.93. The van der Waals surface area contributed by atoms with Crippen LogP contribution >= 0.6 is 11.8 Å². The van der Waals surface area contributed by atoms with E-state index in [9.17, 15) is 31.9 Å². The lowest BCUT2D eigenvalue weighted by Gasteiger charge is -2.19. The molecule has 2 aromatic carbocycles. The van der Waals surface area contributed by atoms with Gasteiger partial charge >= 0.3 is 11.5 Å². The molecule has 35 heavy (non-hydrogen) atoms. The molecule has 3 aromatic rings. The number of hydrogen-bond donors (Lipinski definition) is 1. The summed E-state index contributed by atoms with van der Waals surface area (Å²) in [4.78, 5) is 44.0. The van der Waals surface area contributed by atoms with E-state index in [2.05, 4.69) is 10.3 Å². The van der Waals surface area contributed by atoms with Crippen LogP contribution in [0.5, 0.6) is 0 Å². The van der Waals surface area contributed by atoms with Crippen molar-refractivity contribution < 1.29 is 31.9 Å². The zero-order valence-corrected chi connectivity index (χ0v) is 18.6. The number of amides is 4. The Morgan fingerprint density at radius 1 is 1.03 bits per heavy atom. The number of nitrogens with zero attached hydrogens (tertiary/aromatic N) is 3. The molecule has 4 rings (SSSR count). The molecule has 4 amide bonds. The number of anilines is 2. The molecule has 0 spiro atoms. The largest absolute Gasteiger partial charge is 0.446 e. The van der Waals surface area contributed by atoms with E-state index < -0.39 is 29.2 Å². The molecule has 1 fully saturated rings. The van der Waals surface area contributed by atoms with Gasteiger partial charge in [0.25, 0.3) is 11.8 Å². The number of pyridine rings is 1. The maximum absolute atomic E-state index is 13.1. The highest BCUT2D eigenvalue weighted by Crippen LogP contribution is 2.37. The highest BCUT2D eigenvalue weighted by atomic mass is 32.2. The van der Waals surface area contributed by atoms with Gasteiger partial charge in [-0.1, -0.05) is 0 Å². The molecular weight excluding hydrogens is 488 g/mol. The van der Waals surface area contributed by atoms with Crippen molar-refractivity contribution >= 4 is 41.0 Å². The van der Waals surface area contributed by atoms with Gasteiger partial charge in [-0.3, -0.25) is 14.6 Å². The standard InChI is InChI=1S/C23H16F4N4O3S/c24-16-3-1-14(2-4-16)21(33)29-19-11-28-10-9-15(19)12-30-13-20(32)31(22(30)34)17-5-7-18(8-6-17)35-23(25,26)27/h1-11H,12-13H2,(H,29,33). The van der Waals surface area contributed by atoms with E-state index in [0.29, 0.717) is 11.3 Å². The number of benzene rings is 2. The molecule has 0 radical (unpaired) electrons. The third-order valence-electron chi connectivity index (χ3n) is 4.99. The molecule has 0 unspecified atom stereocenters. The first kappa shape index (κ1) is 24.2. The van der Waals surface area contributed by atoms with Crippen molar-refractivity contribution in [3.63, 3.8) is 0 Å². The van der Waals surface area contributed by atoms with Gasteiger partial charge in [0, 0.05) is 16.7 Å². The van der Waals surface area contributed by atoms with E-state index in [-0.39, 0.29) is 41.0 Å². The van der Waals surface area contributed by atoms with Gasteiger partial charge in [0.15, 0.2) is 0 Å². The quantitative estimate of drug-likeness (QED) is 0.289. The second-order valence-corrected chi connectivity index (χ2v) is 8.54. The second-order valence-electron chi connectivity index (χ2n) is 7.40. The Balaban J connectivity index is 1.48. The van der Waals surface area contributed by atoms with Gasteiger partial charge < -0.3 is 10.2 Å². The molecule has 1 N–H and O–H groups in total. The SMILES string of the molecule is O=C(Nc1cnccc1CN1CC(=O)N(c2ccc(SC(F)(F)F)cc2)C1=O)c1ccc(F)cc1. The number of alkyl halides is 3. The average molecular weight is 504 g/mol.